The van der Waals surface area contributed by atoms with Crippen LogP contribution in [0.1, 0.15) is 36.8 Å². The Labute approximate surface area is 134 Å². The Hall–Kier alpha value is -0.420. The number of carbonyl (C=O) groups excluding carboxylic acids is 1. The molecular weight excluding hydrogens is 361 g/mol. The van der Waals surface area contributed by atoms with Crippen LogP contribution in [0.2, 0.25) is 0 Å². The smallest absolute Gasteiger partial charge is 0.133 e. The van der Waals surface area contributed by atoms with Gasteiger partial charge in [-0.05, 0) is 78.6 Å². The summed E-state index contributed by atoms with van der Waals surface area (Å²) >= 11 is 2.47. The summed E-state index contributed by atoms with van der Waals surface area (Å²) in [5, 5.41) is 0. The zero-order valence-electron chi connectivity index (χ0n) is 11.9. The molecule has 1 heterocycles. The van der Waals surface area contributed by atoms with Crippen LogP contribution in [0.25, 0.3) is 0 Å². The predicted molar refractivity (Wildman–Crippen MR) is 87.9 cm³/mol. The summed E-state index contributed by atoms with van der Waals surface area (Å²) < 4.78 is 1.39. The van der Waals surface area contributed by atoms with E-state index in [1.807, 2.05) is 0 Å². The Morgan fingerprint density at radius 1 is 1.40 bits per heavy atom. The fraction of sp³-hybridized carbons (Fsp3) is 0.588. The first-order valence-electron chi connectivity index (χ1n) is 7.62. The van der Waals surface area contributed by atoms with E-state index < -0.39 is 0 Å². The number of rotatable bonds is 0. The van der Waals surface area contributed by atoms with Gasteiger partial charge in [0.05, 0.1) is 0 Å². The Bertz CT molecular complexity index is 584. The molecule has 0 amide bonds. The highest BCUT2D eigenvalue weighted by Crippen LogP contribution is 2.55. The largest absolute Gasteiger partial charge is 0.303 e. The fourth-order valence-corrected chi connectivity index (χ4v) is 5.74. The second kappa shape index (κ2) is 4.54. The predicted octanol–water partition coefficient (Wildman–Crippen LogP) is 3.16. The molecule has 3 aliphatic rings. The van der Waals surface area contributed by atoms with Crippen molar-refractivity contribution < 1.29 is 4.79 Å². The Balaban J connectivity index is 1.93. The number of likely N-dealkylation sites (tertiary alicyclic amines) is 1. The van der Waals surface area contributed by atoms with Crippen LogP contribution in [0, 0.1) is 9.49 Å². The molecule has 2 fully saturated rings. The van der Waals surface area contributed by atoms with Crippen molar-refractivity contribution in [3.05, 3.63) is 32.9 Å². The Morgan fingerprint density at radius 2 is 2.25 bits per heavy atom. The van der Waals surface area contributed by atoms with Crippen LogP contribution in [0.4, 0.5) is 0 Å². The lowest BCUT2D eigenvalue weighted by atomic mass is 9.52. The van der Waals surface area contributed by atoms with Crippen molar-refractivity contribution in [2.24, 2.45) is 5.92 Å². The lowest BCUT2D eigenvalue weighted by Crippen LogP contribution is -2.61. The molecule has 2 aliphatic carbocycles. The van der Waals surface area contributed by atoms with Gasteiger partial charge in [-0.2, -0.15) is 0 Å². The highest BCUT2D eigenvalue weighted by molar-refractivity contribution is 14.1. The van der Waals surface area contributed by atoms with Crippen molar-refractivity contribution in [2.75, 3.05) is 13.6 Å². The van der Waals surface area contributed by atoms with Crippen LogP contribution in [0.5, 0.6) is 0 Å². The summed E-state index contributed by atoms with van der Waals surface area (Å²) in [6, 6.07) is 7.35. The zero-order chi connectivity index (χ0) is 13.9. The first-order valence-corrected chi connectivity index (χ1v) is 8.69. The van der Waals surface area contributed by atoms with Gasteiger partial charge in [0, 0.05) is 27.9 Å². The topological polar surface area (TPSA) is 20.3 Å². The van der Waals surface area contributed by atoms with Crippen molar-refractivity contribution in [3.8, 4) is 0 Å². The third-order valence-corrected chi connectivity index (χ3v) is 6.98. The summed E-state index contributed by atoms with van der Waals surface area (Å²) in [6.45, 7) is 1.14. The van der Waals surface area contributed by atoms with Crippen LogP contribution in [0.3, 0.4) is 0 Å². The van der Waals surface area contributed by atoms with E-state index in [1.54, 1.807) is 0 Å². The minimum atomic E-state index is 0.154. The lowest BCUT2D eigenvalue weighted by Gasteiger charge is -2.58. The molecule has 0 N–H and O–H groups in total. The zero-order valence-corrected chi connectivity index (χ0v) is 14.0. The number of piperidine rings is 1. The average Bonchev–Trinajstić information content (AvgIpc) is 2.43. The van der Waals surface area contributed by atoms with Gasteiger partial charge in [-0.3, -0.25) is 4.79 Å². The highest BCUT2D eigenvalue weighted by Gasteiger charge is 2.54. The first kappa shape index (κ1) is 13.3. The molecule has 3 atom stereocenters. The van der Waals surface area contributed by atoms with E-state index in [0.29, 0.717) is 17.7 Å². The van der Waals surface area contributed by atoms with Crippen LogP contribution < -0.4 is 0 Å². The van der Waals surface area contributed by atoms with Gasteiger partial charge < -0.3 is 4.90 Å². The molecule has 1 aromatic carbocycles. The van der Waals surface area contributed by atoms with Gasteiger partial charge in [-0.1, -0.05) is 12.1 Å². The van der Waals surface area contributed by atoms with Crippen molar-refractivity contribution >= 4 is 28.4 Å². The number of ketones is 1. The van der Waals surface area contributed by atoms with E-state index in [2.05, 4.69) is 52.7 Å². The molecule has 1 saturated carbocycles. The summed E-state index contributed by atoms with van der Waals surface area (Å²) in [5.74, 6) is 1.17. The van der Waals surface area contributed by atoms with Gasteiger partial charge in [0.2, 0.25) is 0 Å². The molecule has 0 spiro atoms. The van der Waals surface area contributed by atoms with Gasteiger partial charge in [-0.25, -0.2) is 0 Å². The second-order valence-corrected chi connectivity index (χ2v) is 7.95. The normalized spacial score (nSPS) is 36.4. The van der Waals surface area contributed by atoms with Crippen molar-refractivity contribution in [1.29, 1.82) is 0 Å². The van der Waals surface area contributed by atoms with Crippen LogP contribution in [-0.2, 0) is 16.6 Å². The molecule has 1 aromatic rings. The minimum absolute atomic E-state index is 0.154. The van der Waals surface area contributed by atoms with Gasteiger partial charge >= 0.3 is 0 Å². The number of nitrogens with zero attached hydrogens (tertiary/aromatic N) is 1. The third kappa shape index (κ3) is 1.68. The van der Waals surface area contributed by atoms with E-state index in [1.165, 1.54) is 21.1 Å². The number of fused-ring (bicyclic) bond motifs is 1. The fourth-order valence-electron chi connectivity index (χ4n) is 5.02. The molecule has 0 aromatic heterocycles. The molecular formula is C17H20INO. The van der Waals surface area contributed by atoms with Crippen molar-refractivity contribution in [1.82, 2.24) is 4.90 Å². The highest BCUT2D eigenvalue weighted by atomic mass is 127. The molecule has 3 heteroatoms. The number of hydrogen-bond acceptors (Lipinski definition) is 2. The molecule has 0 radical (unpaired) electrons. The molecule has 1 aliphatic heterocycles. The van der Waals surface area contributed by atoms with Gasteiger partial charge in [0.1, 0.15) is 5.78 Å². The van der Waals surface area contributed by atoms with Crippen LogP contribution >= 0.6 is 22.6 Å². The van der Waals surface area contributed by atoms with Crippen LogP contribution in [-0.4, -0.2) is 30.3 Å². The standard InChI is InChI=1S/C17H20INO/c1-19-8-7-17-10-11(20)5-6-14(17)16(19)9-12-13(17)3-2-4-15(12)18/h2-4,14,16H,5-10H2,1H3/t14-,16+,17+/m0/s1. The van der Waals surface area contributed by atoms with E-state index >= 15 is 0 Å². The second-order valence-electron chi connectivity index (χ2n) is 6.78. The van der Waals surface area contributed by atoms with Crippen LogP contribution in [0.15, 0.2) is 18.2 Å². The van der Waals surface area contributed by atoms with Crippen molar-refractivity contribution in [2.45, 2.75) is 43.6 Å². The first-order chi connectivity index (χ1) is 9.62. The summed E-state index contributed by atoms with van der Waals surface area (Å²) in [6.07, 6.45) is 5.01. The van der Waals surface area contributed by atoms with E-state index in [4.69, 9.17) is 0 Å². The molecule has 106 valence electrons. The van der Waals surface area contributed by atoms with Gasteiger partial charge in [-0.15, -0.1) is 0 Å². The molecule has 4 rings (SSSR count). The molecule has 2 bridgehead atoms. The maximum Gasteiger partial charge on any atom is 0.133 e. The van der Waals surface area contributed by atoms with E-state index in [9.17, 15) is 4.79 Å². The van der Waals surface area contributed by atoms with E-state index in [-0.39, 0.29) is 5.41 Å². The number of halogens is 1. The maximum absolute atomic E-state index is 12.2. The van der Waals surface area contributed by atoms with E-state index in [0.717, 1.165) is 32.2 Å². The third-order valence-electron chi connectivity index (χ3n) is 5.97. The van der Waals surface area contributed by atoms with Gasteiger partial charge in [0.15, 0.2) is 0 Å². The Morgan fingerprint density at radius 3 is 3.10 bits per heavy atom. The number of Topliss-reactive ketones (excluding diaryl/α,β-unsaturated/α-hetero) is 1. The quantitative estimate of drug-likeness (QED) is 0.644. The number of benzene rings is 1. The monoisotopic (exact) mass is 381 g/mol. The molecule has 20 heavy (non-hydrogen) atoms. The summed E-state index contributed by atoms with van der Waals surface area (Å²) in [7, 11) is 2.27. The minimum Gasteiger partial charge on any atom is -0.303 e. The summed E-state index contributed by atoms with van der Waals surface area (Å²) in [5.41, 5.74) is 3.18. The SMILES string of the molecule is CN1CC[C@]23CC(=O)CC[C@H]2[C@H]1Cc1c(I)cccc13. The number of hydrogen-bond donors (Lipinski definition) is 0. The molecule has 0 unspecified atom stereocenters. The van der Waals surface area contributed by atoms with Crippen molar-refractivity contribution in [3.63, 3.8) is 0 Å². The summed E-state index contributed by atoms with van der Waals surface area (Å²) in [4.78, 5) is 14.7. The Kier molecular flexibility index (Phi) is 3.01. The number of carbonyl (C=O) groups is 1. The van der Waals surface area contributed by atoms with Gasteiger partial charge in [0.25, 0.3) is 0 Å². The average molecular weight is 381 g/mol. The molecule has 2 nitrogen and oxygen atoms in total. The number of likely N-dealkylation sites (N-methyl/N-ethyl adjacent to an activating group) is 1. The maximum atomic E-state index is 12.2. The lowest BCUT2D eigenvalue weighted by molar-refractivity contribution is -0.126. The molecule has 1 saturated heterocycles.